The van der Waals surface area contributed by atoms with E-state index in [0.717, 1.165) is 31.7 Å². The van der Waals surface area contributed by atoms with Gasteiger partial charge < -0.3 is 0 Å². The summed E-state index contributed by atoms with van der Waals surface area (Å²) in [5, 5.41) is 5.18. The summed E-state index contributed by atoms with van der Waals surface area (Å²) in [4.78, 5) is 5.56. The second kappa shape index (κ2) is 3.31. The fourth-order valence-electron chi connectivity index (χ4n) is 2.26. The minimum Gasteiger partial charge on any atom is -0.217 e. The Morgan fingerprint density at radius 3 is 3.18 bits per heavy atom. The summed E-state index contributed by atoms with van der Waals surface area (Å²) in [5.41, 5.74) is 4.61. The van der Waals surface area contributed by atoms with Crippen molar-refractivity contribution in [1.29, 1.82) is 0 Å². The third kappa shape index (κ3) is 1.33. The van der Waals surface area contributed by atoms with Crippen molar-refractivity contribution in [3.8, 4) is 11.3 Å². The summed E-state index contributed by atoms with van der Waals surface area (Å²) in [6.45, 7) is 0. The molecule has 0 amide bonds. The number of imidazole rings is 1. The van der Waals surface area contributed by atoms with Gasteiger partial charge >= 0.3 is 0 Å². The molecular weight excluding hydrogens is 322 g/mol. The van der Waals surface area contributed by atoms with E-state index in [1.807, 2.05) is 22.7 Å². The van der Waals surface area contributed by atoms with E-state index < -0.39 is 0 Å². The first-order valence-corrected chi connectivity index (χ1v) is 7.04. The Kier molecular flexibility index (Phi) is 1.96. The molecule has 0 spiro atoms. The van der Waals surface area contributed by atoms with Crippen LogP contribution in [-0.2, 0) is 6.42 Å². The number of hydrogen-bond acceptors (Lipinski definition) is 3. The average Bonchev–Trinajstić information content (AvgIpc) is 2.87. The molecule has 0 unspecified atom stereocenters. The van der Waals surface area contributed by atoms with Gasteiger partial charge in [-0.15, -0.1) is 5.10 Å². The Bertz CT molecular complexity index is 762. The lowest BCUT2D eigenvalue weighted by Gasteiger charge is -1.98. The Hall–Kier alpha value is -0.910. The summed E-state index contributed by atoms with van der Waals surface area (Å²) >= 11 is 10.9. The topological polar surface area (TPSA) is 30.2 Å². The van der Waals surface area contributed by atoms with Crippen molar-refractivity contribution < 1.29 is 0 Å². The summed E-state index contributed by atoms with van der Waals surface area (Å²) in [6.07, 6.45) is 0.850. The minimum absolute atomic E-state index is 0.773. The van der Waals surface area contributed by atoms with Crippen LogP contribution >= 0.6 is 38.9 Å². The third-order valence-electron chi connectivity index (χ3n) is 2.95. The molecule has 84 valence electrons. The highest BCUT2D eigenvalue weighted by Gasteiger charge is 2.25. The van der Waals surface area contributed by atoms with Crippen LogP contribution < -0.4 is 0 Å². The molecular formula is C11H5BrClN3S. The van der Waals surface area contributed by atoms with Gasteiger partial charge in [0, 0.05) is 17.0 Å². The van der Waals surface area contributed by atoms with Crippen molar-refractivity contribution in [3.05, 3.63) is 38.4 Å². The maximum absolute atomic E-state index is 6.01. The van der Waals surface area contributed by atoms with Gasteiger partial charge in [-0.1, -0.05) is 29.0 Å². The van der Waals surface area contributed by atoms with Crippen molar-refractivity contribution in [3.63, 3.8) is 0 Å². The maximum atomic E-state index is 6.01. The molecule has 4 rings (SSSR count). The monoisotopic (exact) mass is 325 g/mol. The molecule has 1 aliphatic rings. The van der Waals surface area contributed by atoms with Gasteiger partial charge in [0.2, 0.25) is 4.96 Å². The predicted octanol–water partition coefficient (Wildman–Crippen LogP) is 3.78. The van der Waals surface area contributed by atoms with Gasteiger partial charge in [-0.05, 0) is 33.6 Å². The third-order valence-corrected chi connectivity index (χ3v) is 4.53. The Morgan fingerprint density at radius 2 is 2.29 bits per heavy atom. The van der Waals surface area contributed by atoms with E-state index in [4.69, 9.17) is 11.6 Å². The molecule has 0 saturated carbocycles. The molecule has 0 atom stereocenters. The largest absolute Gasteiger partial charge is 0.217 e. The van der Waals surface area contributed by atoms with Crippen LogP contribution in [0.1, 0.15) is 11.3 Å². The van der Waals surface area contributed by atoms with Gasteiger partial charge in [-0.25, -0.2) is 9.50 Å². The van der Waals surface area contributed by atoms with Gasteiger partial charge in [-0.2, -0.15) is 0 Å². The first-order valence-electron chi connectivity index (χ1n) is 5.05. The smallest absolute Gasteiger partial charge is 0.213 e. The van der Waals surface area contributed by atoms with Crippen molar-refractivity contribution >= 4 is 43.8 Å². The second-order valence-electron chi connectivity index (χ2n) is 3.93. The molecule has 1 aliphatic carbocycles. The first kappa shape index (κ1) is 10.1. The van der Waals surface area contributed by atoms with Gasteiger partial charge in [0.1, 0.15) is 0 Å². The minimum atomic E-state index is 0.773. The molecule has 0 bridgehead atoms. The van der Waals surface area contributed by atoms with E-state index in [-0.39, 0.29) is 0 Å². The number of rotatable bonds is 0. The lowest BCUT2D eigenvalue weighted by atomic mass is 10.1. The number of hydrogen-bond donors (Lipinski definition) is 0. The van der Waals surface area contributed by atoms with Crippen molar-refractivity contribution in [2.24, 2.45) is 0 Å². The average molecular weight is 327 g/mol. The van der Waals surface area contributed by atoms with E-state index in [1.165, 1.54) is 11.1 Å². The predicted molar refractivity (Wildman–Crippen MR) is 71.8 cm³/mol. The molecule has 2 heterocycles. The van der Waals surface area contributed by atoms with Crippen LogP contribution in [0.3, 0.4) is 0 Å². The van der Waals surface area contributed by atoms with Crippen LogP contribution in [0.25, 0.3) is 16.2 Å². The molecule has 3 nitrogen and oxygen atoms in total. The molecule has 17 heavy (non-hydrogen) atoms. The van der Waals surface area contributed by atoms with Gasteiger partial charge in [0.05, 0.1) is 11.4 Å². The molecule has 0 fully saturated rings. The Labute approximate surface area is 114 Å². The zero-order valence-electron chi connectivity index (χ0n) is 8.44. The summed E-state index contributed by atoms with van der Waals surface area (Å²) < 4.78 is 2.77. The molecule has 1 aromatic carbocycles. The van der Waals surface area contributed by atoms with E-state index in [0.29, 0.717) is 0 Å². The van der Waals surface area contributed by atoms with E-state index in [2.05, 4.69) is 26.0 Å². The lowest BCUT2D eigenvalue weighted by Crippen LogP contribution is -1.91. The molecule has 0 N–H and O–H groups in total. The summed E-state index contributed by atoms with van der Waals surface area (Å²) in [7, 11) is 0. The highest BCUT2D eigenvalue weighted by Crippen LogP contribution is 2.38. The van der Waals surface area contributed by atoms with Crippen LogP contribution in [0.2, 0.25) is 5.02 Å². The summed E-state index contributed by atoms with van der Waals surface area (Å²) in [5.74, 6) is 0. The first-order chi connectivity index (χ1) is 8.22. The van der Waals surface area contributed by atoms with Gasteiger partial charge in [0.25, 0.3) is 0 Å². The van der Waals surface area contributed by atoms with Crippen LogP contribution in [0.5, 0.6) is 0 Å². The zero-order valence-corrected chi connectivity index (χ0v) is 11.6. The Morgan fingerprint density at radius 1 is 1.41 bits per heavy atom. The fraction of sp³-hybridized carbons (Fsp3) is 0.0909. The standard InChI is InChI=1S/C11H5BrClN3S/c12-10-15-16-8-4-5-3-6(13)1-2-7(5)9(8)14-11(16)17-10/h1-3H,4H2. The van der Waals surface area contributed by atoms with Crippen LogP contribution in [-0.4, -0.2) is 14.6 Å². The second-order valence-corrected chi connectivity index (χ2v) is 6.60. The summed E-state index contributed by atoms with van der Waals surface area (Å²) in [6, 6.07) is 5.95. The molecule has 0 aliphatic heterocycles. The van der Waals surface area contributed by atoms with Gasteiger partial charge in [-0.3, -0.25) is 0 Å². The lowest BCUT2D eigenvalue weighted by molar-refractivity contribution is 0.897. The van der Waals surface area contributed by atoms with Crippen molar-refractivity contribution in [2.75, 3.05) is 0 Å². The molecule has 0 saturated heterocycles. The van der Waals surface area contributed by atoms with E-state index in [1.54, 1.807) is 11.3 Å². The van der Waals surface area contributed by atoms with Crippen molar-refractivity contribution in [2.45, 2.75) is 6.42 Å². The molecule has 2 aromatic heterocycles. The maximum Gasteiger partial charge on any atom is 0.213 e. The fourth-order valence-corrected chi connectivity index (χ4v) is 3.70. The molecule has 6 heteroatoms. The highest BCUT2D eigenvalue weighted by atomic mass is 79.9. The SMILES string of the molecule is Clc1ccc2c(c1)Cc1c-2nc2sc(Br)nn12. The molecule has 0 radical (unpaired) electrons. The normalized spacial score (nSPS) is 13.1. The molecule has 3 aromatic rings. The zero-order chi connectivity index (χ0) is 11.6. The number of halogens is 2. The van der Waals surface area contributed by atoms with Crippen LogP contribution in [0.4, 0.5) is 0 Å². The van der Waals surface area contributed by atoms with E-state index >= 15 is 0 Å². The van der Waals surface area contributed by atoms with E-state index in [9.17, 15) is 0 Å². The number of nitrogens with zero attached hydrogens (tertiary/aromatic N) is 3. The highest BCUT2D eigenvalue weighted by molar-refractivity contribution is 9.11. The van der Waals surface area contributed by atoms with Crippen LogP contribution in [0, 0.1) is 0 Å². The van der Waals surface area contributed by atoms with Gasteiger partial charge in [0.15, 0.2) is 3.92 Å². The number of fused-ring (bicyclic) bond motifs is 5. The number of benzene rings is 1. The number of aromatic nitrogens is 3. The Balaban J connectivity index is 2.04. The van der Waals surface area contributed by atoms with Crippen molar-refractivity contribution in [1.82, 2.24) is 14.6 Å². The van der Waals surface area contributed by atoms with Crippen LogP contribution in [0.15, 0.2) is 22.1 Å². The quantitative estimate of drug-likeness (QED) is 0.492.